The van der Waals surface area contributed by atoms with Gasteiger partial charge in [0.2, 0.25) is 0 Å². The Bertz CT molecular complexity index is 364. The molecule has 0 atom stereocenters. The van der Waals surface area contributed by atoms with Crippen molar-refractivity contribution in [1.29, 1.82) is 0 Å². The molecule has 8 heteroatoms. The van der Waals surface area contributed by atoms with Crippen LogP contribution < -0.4 is 0 Å². The summed E-state index contributed by atoms with van der Waals surface area (Å²) in [6, 6.07) is 0. The second kappa shape index (κ2) is 17.0. The second-order valence-electron chi connectivity index (χ2n) is 6.86. The van der Waals surface area contributed by atoms with Gasteiger partial charge in [-0.1, -0.05) is 6.58 Å². The Morgan fingerprint density at radius 1 is 0.846 bits per heavy atom. The molecule has 0 saturated heterocycles. The quantitative estimate of drug-likeness (QED) is 0.342. The molecule has 0 bridgehead atoms. The third-order valence-corrected chi connectivity index (χ3v) is 1.78. The van der Waals surface area contributed by atoms with Crippen LogP contribution in [0.3, 0.4) is 0 Å². The summed E-state index contributed by atoms with van der Waals surface area (Å²) in [7, 11) is 0. The van der Waals surface area contributed by atoms with E-state index in [0.29, 0.717) is 6.61 Å². The van der Waals surface area contributed by atoms with E-state index in [1.807, 2.05) is 41.5 Å². The number of rotatable bonds is 7. The van der Waals surface area contributed by atoms with Gasteiger partial charge in [0.25, 0.3) is 0 Å². The molecule has 0 amide bonds. The zero-order chi connectivity index (χ0) is 21.2. The van der Waals surface area contributed by atoms with Crippen LogP contribution in [-0.2, 0) is 23.8 Å². The summed E-state index contributed by atoms with van der Waals surface area (Å²) < 4.78 is 14.8. The topological polar surface area (TPSA) is 123 Å². The van der Waals surface area contributed by atoms with Crippen LogP contribution in [-0.4, -0.2) is 71.5 Å². The lowest BCUT2D eigenvalue weighted by atomic mass is 10.2. The van der Waals surface area contributed by atoms with Gasteiger partial charge >= 0.3 is 11.9 Å². The summed E-state index contributed by atoms with van der Waals surface area (Å²) in [6.07, 6.45) is 1.39. The lowest BCUT2D eigenvalue weighted by molar-refractivity contribution is -0.156. The molecule has 3 N–H and O–H groups in total. The molecule has 0 unspecified atom stereocenters. The van der Waals surface area contributed by atoms with E-state index in [2.05, 4.69) is 6.58 Å². The minimum absolute atomic E-state index is 0.0195. The van der Waals surface area contributed by atoms with Crippen LogP contribution in [0.25, 0.3) is 0 Å². The summed E-state index contributed by atoms with van der Waals surface area (Å²) in [5.74, 6) is -0.645. The highest BCUT2D eigenvalue weighted by molar-refractivity contribution is 5.81. The van der Waals surface area contributed by atoms with Gasteiger partial charge < -0.3 is 29.5 Å². The molecule has 0 saturated carbocycles. The maximum atomic E-state index is 11.1. The molecule has 0 aliphatic heterocycles. The average molecular weight is 380 g/mol. The lowest BCUT2D eigenvalue weighted by Crippen LogP contribution is -2.24. The molecule has 0 aliphatic carbocycles. The number of aliphatic hydroxyl groups is 3. The first-order valence-electron chi connectivity index (χ1n) is 8.30. The van der Waals surface area contributed by atoms with E-state index >= 15 is 0 Å². The fourth-order valence-electron chi connectivity index (χ4n) is 1.06. The molecular formula is C18H36O8. The molecule has 0 rings (SSSR count). The first-order chi connectivity index (χ1) is 11.8. The predicted molar refractivity (Wildman–Crippen MR) is 98.6 cm³/mol. The summed E-state index contributed by atoms with van der Waals surface area (Å²) in [5, 5.41) is 23.6. The van der Waals surface area contributed by atoms with E-state index < -0.39 is 11.2 Å². The Hall–Kier alpha value is -1.48. The molecule has 0 aromatic carbocycles. The monoisotopic (exact) mass is 380 g/mol. The van der Waals surface area contributed by atoms with Crippen LogP contribution in [0, 0.1) is 0 Å². The molecule has 0 aromatic heterocycles. The molecule has 0 aliphatic rings. The maximum Gasteiger partial charge on any atom is 0.330 e. The Morgan fingerprint density at radius 2 is 1.31 bits per heavy atom. The highest BCUT2D eigenvalue weighted by Crippen LogP contribution is 2.08. The van der Waals surface area contributed by atoms with Gasteiger partial charge in [0.05, 0.1) is 39.5 Å². The molecular weight excluding hydrogens is 344 g/mol. The largest absolute Gasteiger partial charge is 0.460 e. The number of carbonyl (C=O) groups excluding carboxylic acids is 2. The van der Waals surface area contributed by atoms with Crippen LogP contribution in [0.1, 0.15) is 48.0 Å². The van der Waals surface area contributed by atoms with Crippen molar-refractivity contribution in [2.24, 2.45) is 0 Å². The molecule has 8 nitrogen and oxygen atoms in total. The van der Waals surface area contributed by atoms with Crippen molar-refractivity contribution in [3.05, 3.63) is 12.7 Å². The summed E-state index contributed by atoms with van der Waals surface area (Å²) in [5.41, 5.74) is -0.834. The standard InChI is InChI=1S/C9H18O4.C7H12O2.C2H6O2/c1-9(2,3)13-8(11)4-6-12-7-5-10;1-5-6(8)9-7(2,3)4;3-1-2-4/h10H,4-7H2,1-3H3;5H,1H2,2-4H3;3-4H,1-2H2. The normalized spacial score (nSPS) is 10.5. The SMILES string of the molecule is C=CC(=O)OC(C)(C)C.CC(C)(C)OC(=O)CCOCCO.OCCO. The average Bonchev–Trinajstić information content (AvgIpc) is 2.49. The van der Waals surface area contributed by atoms with Crippen molar-refractivity contribution in [3.8, 4) is 0 Å². The Labute approximate surface area is 156 Å². The van der Waals surface area contributed by atoms with Crippen LogP contribution in [0.15, 0.2) is 12.7 Å². The minimum atomic E-state index is -0.436. The zero-order valence-corrected chi connectivity index (χ0v) is 16.9. The van der Waals surface area contributed by atoms with Crippen LogP contribution in [0.4, 0.5) is 0 Å². The van der Waals surface area contributed by atoms with Gasteiger partial charge in [-0.2, -0.15) is 0 Å². The number of carbonyl (C=O) groups is 2. The van der Waals surface area contributed by atoms with Gasteiger partial charge in [-0.25, -0.2) is 4.79 Å². The molecule has 156 valence electrons. The predicted octanol–water partition coefficient (Wildman–Crippen LogP) is 1.21. The van der Waals surface area contributed by atoms with Gasteiger partial charge in [0.15, 0.2) is 0 Å². The van der Waals surface area contributed by atoms with E-state index in [1.54, 1.807) is 0 Å². The minimum Gasteiger partial charge on any atom is -0.460 e. The third-order valence-electron chi connectivity index (χ3n) is 1.78. The fourth-order valence-corrected chi connectivity index (χ4v) is 1.06. The van der Waals surface area contributed by atoms with Gasteiger partial charge in [-0.3, -0.25) is 4.79 Å². The maximum absolute atomic E-state index is 11.1. The second-order valence-corrected chi connectivity index (χ2v) is 6.86. The lowest BCUT2D eigenvalue weighted by Gasteiger charge is -2.19. The van der Waals surface area contributed by atoms with Gasteiger partial charge in [-0.05, 0) is 41.5 Å². The van der Waals surface area contributed by atoms with Crippen LogP contribution in [0.2, 0.25) is 0 Å². The highest BCUT2D eigenvalue weighted by atomic mass is 16.6. The first kappa shape index (κ1) is 29.3. The van der Waals surface area contributed by atoms with Crippen LogP contribution in [0.5, 0.6) is 0 Å². The molecule has 0 radical (unpaired) electrons. The van der Waals surface area contributed by atoms with Gasteiger partial charge in [0, 0.05) is 6.08 Å². The van der Waals surface area contributed by atoms with Crippen molar-refractivity contribution in [1.82, 2.24) is 0 Å². The zero-order valence-electron chi connectivity index (χ0n) is 16.9. The first-order valence-corrected chi connectivity index (χ1v) is 8.30. The third kappa shape index (κ3) is 34.0. The molecule has 26 heavy (non-hydrogen) atoms. The summed E-state index contributed by atoms with van der Waals surface area (Å²) >= 11 is 0. The molecule has 0 fully saturated rings. The Morgan fingerprint density at radius 3 is 1.58 bits per heavy atom. The van der Waals surface area contributed by atoms with Crippen molar-refractivity contribution in [2.45, 2.75) is 59.2 Å². The van der Waals surface area contributed by atoms with E-state index in [9.17, 15) is 9.59 Å². The van der Waals surface area contributed by atoms with E-state index in [1.165, 1.54) is 0 Å². The van der Waals surface area contributed by atoms with Gasteiger partial charge in [0.1, 0.15) is 11.2 Å². The Kier molecular flexibility index (Phi) is 19.1. The molecule has 0 heterocycles. The number of hydrogen-bond acceptors (Lipinski definition) is 8. The number of aliphatic hydroxyl groups excluding tert-OH is 3. The van der Waals surface area contributed by atoms with E-state index in [-0.39, 0.29) is 44.8 Å². The fraction of sp³-hybridized carbons (Fsp3) is 0.778. The number of esters is 2. The van der Waals surface area contributed by atoms with Crippen molar-refractivity contribution in [2.75, 3.05) is 33.0 Å². The van der Waals surface area contributed by atoms with E-state index in [4.69, 9.17) is 29.5 Å². The highest BCUT2D eigenvalue weighted by Gasteiger charge is 2.15. The van der Waals surface area contributed by atoms with Crippen molar-refractivity contribution in [3.63, 3.8) is 0 Å². The van der Waals surface area contributed by atoms with Crippen molar-refractivity contribution >= 4 is 11.9 Å². The van der Waals surface area contributed by atoms with E-state index in [0.717, 1.165) is 6.08 Å². The number of ether oxygens (including phenoxy) is 3. The summed E-state index contributed by atoms with van der Waals surface area (Å²) in [6.45, 7) is 14.5. The van der Waals surface area contributed by atoms with Crippen LogP contribution >= 0.6 is 0 Å². The Balaban J connectivity index is -0.000000352. The summed E-state index contributed by atoms with van der Waals surface area (Å²) in [4.78, 5) is 21.5. The molecule has 0 spiro atoms. The number of hydrogen-bond donors (Lipinski definition) is 3. The molecule has 0 aromatic rings. The van der Waals surface area contributed by atoms with Crippen molar-refractivity contribution < 1.29 is 39.1 Å². The van der Waals surface area contributed by atoms with Gasteiger partial charge in [-0.15, -0.1) is 0 Å². The smallest absolute Gasteiger partial charge is 0.330 e.